The van der Waals surface area contributed by atoms with E-state index >= 15 is 0 Å². The number of primary amides is 2. The van der Waals surface area contributed by atoms with Gasteiger partial charge in [0.25, 0.3) is 0 Å². The molecule has 0 saturated carbocycles. The maximum atomic E-state index is 11.8. The zero-order valence-corrected chi connectivity index (χ0v) is 10.9. The third-order valence-corrected chi connectivity index (χ3v) is 2.76. The van der Waals surface area contributed by atoms with E-state index in [1.165, 1.54) is 4.90 Å². The summed E-state index contributed by atoms with van der Waals surface area (Å²) in [5, 5.41) is 0. The highest BCUT2D eigenvalue weighted by Gasteiger charge is 2.26. The monoisotopic (exact) mass is 263 g/mol. The Hall–Kier alpha value is -2.37. The highest BCUT2D eigenvalue weighted by atomic mass is 16.2. The summed E-state index contributed by atoms with van der Waals surface area (Å²) in [7, 11) is 3.13. The van der Waals surface area contributed by atoms with E-state index in [9.17, 15) is 14.4 Å². The molecule has 0 radical (unpaired) electrons. The molecule has 1 aromatic carbocycles. The maximum absolute atomic E-state index is 11.8. The Morgan fingerprint density at radius 3 is 2.00 bits per heavy atom. The summed E-state index contributed by atoms with van der Waals surface area (Å²) in [5.74, 6) is -2.44. The van der Waals surface area contributed by atoms with Gasteiger partial charge in [-0.15, -0.1) is 0 Å². The van der Waals surface area contributed by atoms with Crippen LogP contribution in [0.15, 0.2) is 24.3 Å². The van der Waals surface area contributed by atoms with Crippen LogP contribution in [0.25, 0.3) is 0 Å². The molecule has 0 saturated heterocycles. The molecule has 1 aromatic rings. The molecular formula is C13H17N3O3. The Balaban J connectivity index is 2.88. The second-order valence-corrected chi connectivity index (χ2v) is 4.45. The summed E-state index contributed by atoms with van der Waals surface area (Å²) in [6.45, 7) is 0. The Labute approximate surface area is 111 Å². The predicted octanol–water partition coefficient (Wildman–Crippen LogP) is -0.482. The summed E-state index contributed by atoms with van der Waals surface area (Å²) in [4.78, 5) is 35.4. The first-order valence-electron chi connectivity index (χ1n) is 5.72. The highest BCUT2D eigenvalue weighted by molar-refractivity contribution is 5.99. The van der Waals surface area contributed by atoms with Crippen molar-refractivity contribution in [1.29, 1.82) is 0 Å². The van der Waals surface area contributed by atoms with E-state index in [1.807, 2.05) is 0 Å². The molecule has 0 heterocycles. The Kier molecular flexibility index (Phi) is 4.63. The van der Waals surface area contributed by atoms with Gasteiger partial charge in [0.2, 0.25) is 17.7 Å². The largest absolute Gasteiger partial charge is 0.369 e. The van der Waals surface area contributed by atoms with Crippen LogP contribution in [0.2, 0.25) is 0 Å². The van der Waals surface area contributed by atoms with Crippen LogP contribution < -0.4 is 11.5 Å². The summed E-state index contributed by atoms with van der Waals surface area (Å²) in [6, 6.07) is 6.41. The van der Waals surface area contributed by atoms with Crippen molar-refractivity contribution in [3.63, 3.8) is 0 Å². The number of hydrogen-bond acceptors (Lipinski definition) is 3. The molecule has 1 atom stereocenters. The smallest absolute Gasteiger partial charge is 0.248 e. The lowest BCUT2D eigenvalue weighted by molar-refractivity contribution is -0.139. The average molecular weight is 263 g/mol. The molecule has 4 N–H and O–H groups in total. The fourth-order valence-electron chi connectivity index (χ4n) is 1.66. The van der Waals surface area contributed by atoms with Crippen LogP contribution in [-0.2, 0) is 16.0 Å². The molecule has 0 aliphatic rings. The first-order chi connectivity index (χ1) is 8.82. The van der Waals surface area contributed by atoms with Crippen LogP contribution in [0, 0.1) is 5.92 Å². The summed E-state index contributed by atoms with van der Waals surface area (Å²) in [5.41, 5.74) is 11.5. The Morgan fingerprint density at radius 2 is 1.63 bits per heavy atom. The van der Waals surface area contributed by atoms with E-state index in [-0.39, 0.29) is 12.3 Å². The second kappa shape index (κ2) is 5.99. The van der Waals surface area contributed by atoms with Crippen LogP contribution in [0.4, 0.5) is 0 Å². The minimum atomic E-state index is -0.908. The topological polar surface area (TPSA) is 106 Å². The van der Waals surface area contributed by atoms with E-state index in [2.05, 4.69) is 0 Å². The lowest BCUT2D eigenvalue weighted by atomic mass is 9.96. The SMILES string of the molecule is CN(C)C(=O)C(Cc1ccc(C(N)=O)cc1)C(N)=O. The summed E-state index contributed by atoms with van der Waals surface area (Å²) < 4.78 is 0. The van der Waals surface area contributed by atoms with E-state index < -0.39 is 17.7 Å². The van der Waals surface area contributed by atoms with Crippen LogP contribution in [-0.4, -0.2) is 36.7 Å². The molecule has 0 aromatic heterocycles. The quantitative estimate of drug-likeness (QED) is 0.700. The number of carbonyl (C=O) groups is 3. The number of nitrogens with two attached hydrogens (primary N) is 2. The fraction of sp³-hybridized carbons (Fsp3) is 0.308. The molecule has 3 amide bonds. The van der Waals surface area contributed by atoms with Gasteiger partial charge in [0, 0.05) is 19.7 Å². The average Bonchev–Trinajstić information content (AvgIpc) is 2.35. The number of hydrogen-bond donors (Lipinski definition) is 2. The molecule has 0 aliphatic carbocycles. The zero-order chi connectivity index (χ0) is 14.6. The molecule has 6 nitrogen and oxygen atoms in total. The van der Waals surface area contributed by atoms with Gasteiger partial charge in [-0.05, 0) is 24.1 Å². The van der Waals surface area contributed by atoms with E-state index in [0.717, 1.165) is 5.56 Å². The molecule has 0 fully saturated rings. The number of nitrogens with zero attached hydrogens (tertiary/aromatic N) is 1. The molecule has 102 valence electrons. The van der Waals surface area contributed by atoms with Crippen molar-refractivity contribution < 1.29 is 14.4 Å². The third-order valence-electron chi connectivity index (χ3n) is 2.76. The first-order valence-corrected chi connectivity index (χ1v) is 5.72. The molecule has 6 heteroatoms. The van der Waals surface area contributed by atoms with Gasteiger partial charge in [-0.1, -0.05) is 12.1 Å². The maximum Gasteiger partial charge on any atom is 0.248 e. The first kappa shape index (κ1) is 14.7. The van der Waals surface area contributed by atoms with Crippen molar-refractivity contribution in [2.45, 2.75) is 6.42 Å². The van der Waals surface area contributed by atoms with Crippen LogP contribution in [0.3, 0.4) is 0 Å². The number of rotatable bonds is 5. The van der Waals surface area contributed by atoms with Crippen molar-refractivity contribution in [2.24, 2.45) is 17.4 Å². The van der Waals surface area contributed by atoms with Gasteiger partial charge in [0.05, 0.1) is 0 Å². The second-order valence-electron chi connectivity index (χ2n) is 4.45. The molecule has 0 aliphatic heterocycles. The van der Waals surface area contributed by atoms with Gasteiger partial charge >= 0.3 is 0 Å². The van der Waals surface area contributed by atoms with E-state index in [1.54, 1.807) is 38.4 Å². The number of amides is 3. The van der Waals surface area contributed by atoms with E-state index in [4.69, 9.17) is 11.5 Å². The highest BCUT2D eigenvalue weighted by Crippen LogP contribution is 2.12. The van der Waals surface area contributed by atoms with Crippen molar-refractivity contribution in [2.75, 3.05) is 14.1 Å². The fourth-order valence-corrected chi connectivity index (χ4v) is 1.66. The summed E-state index contributed by atoms with van der Waals surface area (Å²) in [6.07, 6.45) is 0.200. The number of benzene rings is 1. The molecule has 0 spiro atoms. The van der Waals surface area contributed by atoms with Gasteiger partial charge in [-0.25, -0.2) is 0 Å². The van der Waals surface area contributed by atoms with Gasteiger partial charge in [0.15, 0.2) is 0 Å². The minimum absolute atomic E-state index is 0.200. The van der Waals surface area contributed by atoms with Crippen LogP contribution in [0.5, 0.6) is 0 Å². The lowest BCUT2D eigenvalue weighted by Crippen LogP contribution is -2.39. The normalized spacial score (nSPS) is 11.7. The number of carbonyl (C=O) groups excluding carboxylic acids is 3. The van der Waals surface area contributed by atoms with Gasteiger partial charge in [0.1, 0.15) is 5.92 Å². The molecule has 1 rings (SSSR count). The standard InChI is InChI=1S/C13H17N3O3/c1-16(2)13(19)10(12(15)18)7-8-3-5-9(6-4-8)11(14)17/h3-6,10H,7H2,1-2H3,(H2,14,17)(H2,15,18). The zero-order valence-electron chi connectivity index (χ0n) is 10.9. The van der Waals surface area contributed by atoms with Crippen LogP contribution >= 0.6 is 0 Å². The molecular weight excluding hydrogens is 246 g/mol. The predicted molar refractivity (Wildman–Crippen MR) is 70.0 cm³/mol. The Bertz CT molecular complexity index is 494. The lowest BCUT2D eigenvalue weighted by Gasteiger charge is -2.17. The van der Waals surface area contributed by atoms with Crippen molar-refractivity contribution >= 4 is 17.7 Å². The molecule has 0 bridgehead atoms. The van der Waals surface area contributed by atoms with Gasteiger partial charge < -0.3 is 16.4 Å². The van der Waals surface area contributed by atoms with Gasteiger partial charge in [-0.3, -0.25) is 14.4 Å². The molecule has 1 unspecified atom stereocenters. The minimum Gasteiger partial charge on any atom is -0.369 e. The van der Waals surface area contributed by atoms with Crippen molar-refractivity contribution in [3.05, 3.63) is 35.4 Å². The van der Waals surface area contributed by atoms with E-state index in [0.29, 0.717) is 5.56 Å². The third kappa shape index (κ3) is 3.80. The van der Waals surface area contributed by atoms with Crippen molar-refractivity contribution in [3.8, 4) is 0 Å². The summed E-state index contributed by atoms with van der Waals surface area (Å²) >= 11 is 0. The van der Waals surface area contributed by atoms with Crippen molar-refractivity contribution in [1.82, 2.24) is 4.90 Å². The Morgan fingerprint density at radius 1 is 1.11 bits per heavy atom. The van der Waals surface area contributed by atoms with Crippen LogP contribution in [0.1, 0.15) is 15.9 Å². The van der Waals surface area contributed by atoms with Gasteiger partial charge in [-0.2, -0.15) is 0 Å². The molecule has 19 heavy (non-hydrogen) atoms.